The van der Waals surface area contributed by atoms with Crippen molar-refractivity contribution in [3.05, 3.63) is 29.3 Å². The molecule has 0 radical (unpaired) electrons. The third-order valence-electron chi connectivity index (χ3n) is 3.15. The number of hydrogen-bond donors (Lipinski definition) is 1. The van der Waals surface area contributed by atoms with E-state index in [-0.39, 0.29) is 18.6 Å². The van der Waals surface area contributed by atoms with Crippen LogP contribution in [0.2, 0.25) is 0 Å². The molecule has 1 aliphatic carbocycles. The zero-order chi connectivity index (χ0) is 15.4. The van der Waals surface area contributed by atoms with Crippen LogP contribution in [0.15, 0.2) is 18.2 Å². The summed E-state index contributed by atoms with van der Waals surface area (Å²) < 4.78 is 10.4. The fourth-order valence-corrected chi connectivity index (χ4v) is 1.99. The van der Waals surface area contributed by atoms with Gasteiger partial charge in [-0.2, -0.15) is 0 Å². The van der Waals surface area contributed by atoms with Crippen LogP contribution in [-0.4, -0.2) is 30.6 Å². The molecule has 1 fully saturated rings. The first-order valence-electron chi connectivity index (χ1n) is 7.15. The second kappa shape index (κ2) is 6.61. The average Bonchev–Trinajstić information content (AvgIpc) is 3.19. The largest absolute Gasteiger partial charge is 0.482 e. The lowest BCUT2D eigenvalue weighted by Crippen LogP contribution is -2.37. The minimum Gasteiger partial charge on any atom is -0.482 e. The van der Waals surface area contributed by atoms with Crippen molar-refractivity contribution in [2.45, 2.75) is 45.8 Å². The molecule has 0 aromatic heterocycles. The Labute approximate surface area is 124 Å². The van der Waals surface area contributed by atoms with Gasteiger partial charge in [0.05, 0.1) is 0 Å². The first kappa shape index (κ1) is 15.4. The predicted molar refractivity (Wildman–Crippen MR) is 78.1 cm³/mol. The summed E-state index contributed by atoms with van der Waals surface area (Å²) in [6.07, 6.45) is 1.21. The molecule has 5 heteroatoms. The van der Waals surface area contributed by atoms with Crippen LogP contribution in [0.4, 0.5) is 0 Å². The van der Waals surface area contributed by atoms with Gasteiger partial charge in [-0.25, -0.2) is 4.79 Å². The summed E-state index contributed by atoms with van der Waals surface area (Å²) in [5.41, 5.74) is 2.13. The first-order chi connectivity index (χ1) is 9.94. The Morgan fingerprint density at radius 1 is 1.24 bits per heavy atom. The molecule has 114 valence electrons. The maximum atomic E-state index is 11.7. The summed E-state index contributed by atoms with van der Waals surface area (Å²) in [5, 5.41) is 2.79. The van der Waals surface area contributed by atoms with E-state index in [9.17, 15) is 9.59 Å². The highest BCUT2D eigenvalue weighted by Gasteiger charge is 2.27. The van der Waals surface area contributed by atoms with Gasteiger partial charge in [0.15, 0.2) is 12.7 Å². The van der Waals surface area contributed by atoms with Crippen molar-refractivity contribution in [3.8, 4) is 5.75 Å². The van der Waals surface area contributed by atoms with Crippen molar-refractivity contribution < 1.29 is 19.1 Å². The first-order valence-corrected chi connectivity index (χ1v) is 7.15. The number of ether oxygens (including phenoxy) is 2. The Bertz CT molecular complexity index is 517. The highest BCUT2D eigenvalue weighted by atomic mass is 16.6. The molecule has 1 amide bonds. The Morgan fingerprint density at radius 2 is 1.86 bits per heavy atom. The summed E-state index contributed by atoms with van der Waals surface area (Å²) in [6.45, 7) is 5.28. The fourth-order valence-electron chi connectivity index (χ4n) is 1.99. The van der Waals surface area contributed by atoms with Crippen LogP contribution in [0, 0.1) is 13.8 Å². The molecule has 0 unspecified atom stereocenters. The van der Waals surface area contributed by atoms with Crippen LogP contribution in [0.1, 0.15) is 30.9 Å². The quantitative estimate of drug-likeness (QED) is 0.813. The number of aryl methyl sites for hydroxylation is 2. The second-order valence-corrected chi connectivity index (χ2v) is 5.53. The van der Waals surface area contributed by atoms with Gasteiger partial charge in [0.2, 0.25) is 0 Å². The van der Waals surface area contributed by atoms with Crippen molar-refractivity contribution in [2.75, 3.05) is 6.61 Å². The van der Waals surface area contributed by atoms with Crippen molar-refractivity contribution in [2.24, 2.45) is 0 Å². The van der Waals surface area contributed by atoms with Crippen molar-refractivity contribution >= 4 is 11.9 Å². The Balaban J connectivity index is 1.77. The molecule has 21 heavy (non-hydrogen) atoms. The van der Waals surface area contributed by atoms with E-state index in [0.29, 0.717) is 5.75 Å². The zero-order valence-corrected chi connectivity index (χ0v) is 12.6. The fraction of sp³-hybridized carbons (Fsp3) is 0.500. The maximum absolute atomic E-state index is 11.7. The van der Waals surface area contributed by atoms with Gasteiger partial charge < -0.3 is 14.8 Å². The summed E-state index contributed by atoms with van der Waals surface area (Å²) in [4.78, 5) is 23.3. The van der Waals surface area contributed by atoms with Gasteiger partial charge in [0.1, 0.15) is 5.75 Å². The molecule has 1 saturated carbocycles. The molecule has 1 N–H and O–H groups in total. The smallest absolute Gasteiger partial charge is 0.344 e. The summed E-state index contributed by atoms with van der Waals surface area (Å²) in [7, 11) is 0. The molecule has 2 rings (SSSR count). The Morgan fingerprint density at radius 3 is 2.43 bits per heavy atom. The van der Waals surface area contributed by atoms with Gasteiger partial charge in [0.25, 0.3) is 5.91 Å². The Hall–Kier alpha value is -2.04. The minimum atomic E-state index is -0.791. The SMILES string of the molecule is Cc1cc(C)cc(OCC(=O)O[C@@H](C)C(=O)NC2CC2)c1. The zero-order valence-electron chi connectivity index (χ0n) is 12.6. The molecule has 1 aromatic rings. The van der Waals surface area contributed by atoms with Gasteiger partial charge in [-0.05, 0) is 56.9 Å². The van der Waals surface area contributed by atoms with E-state index in [1.54, 1.807) is 6.92 Å². The molecular weight excluding hydrogens is 270 g/mol. The van der Waals surface area contributed by atoms with Crippen molar-refractivity contribution in [3.63, 3.8) is 0 Å². The van der Waals surface area contributed by atoms with Crippen molar-refractivity contribution in [1.82, 2.24) is 5.32 Å². The van der Waals surface area contributed by atoms with Crippen LogP contribution >= 0.6 is 0 Å². The van der Waals surface area contributed by atoms with E-state index in [1.165, 1.54) is 0 Å². The minimum absolute atomic E-state index is 0.204. The van der Waals surface area contributed by atoms with Crippen LogP contribution < -0.4 is 10.1 Å². The molecule has 0 bridgehead atoms. The van der Waals surface area contributed by atoms with Gasteiger partial charge in [-0.3, -0.25) is 4.79 Å². The predicted octanol–water partition coefficient (Wildman–Crippen LogP) is 1.89. The molecule has 1 atom stereocenters. The maximum Gasteiger partial charge on any atom is 0.344 e. The van der Waals surface area contributed by atoms with Crippen LogP contribution in [0.5, 0.6) is 5.75 Å². The summed E-state index contributed by atoms with van der Waals surface area (Å²) >= 11 is 0. The van der Waals surface area contributed by atoms with Gasteiger partial charge in [-0.1, -0.05) is 6.07 Å². The molecule has 1 aromatic carbocycles. The van der Waals surface area contributed by atoms with Crippen LogP contribution in [0.3, 0.4) is 0 Å². The summed E-state index contributed by atoms with van der Waals surface area (Å²) in [6, 6.07) is 5.98. The molecule has 0 saturated heterocycles. The number of benzene rings is 1. The topological polar surface area (TPSA) is 64.6 Å². The van der Waals surface area contributed by atoms with E-state index in [2.05, 4.69) is 5.32 Å². The van der Waals surface area contributed by atoms with E-state index in [4.69, 9.17) is 9.47 Å². The number of nitrogens with one attached hydrogen (secondary N) is 1. The lowest BCUT2D eigenvalue weighted by atomic mass is 10.1. The van der Waals surface area contributed by atoms with Crippen LogP contribution in [-0.2, 0) is 14.3 Å². The highest BCUT2D eigenvalue weighted by Crippen LogP contribution is 2.19. The van der Waals surface area contributed by atoms with E-state index < -0.39 is 12.1 Å². The normalized spacial score (nSPS) is 15.2. The molecular formula is C16H21NO4. The molecule has 5 nitrogen and oxygen atoms in total. The lowest BCUT2D eigenvalue weighted by Gasteiger charge is -2.13. The number of hydrogen-bond acceptors (Lipinski definition) is 4. The lowest BCUT2D eigenvalue weighted by molar-refractivity contribution is -0.156. The number of carbonyl (C=O) groups is 2. The van der Waals surface area contributed by atoms with E-state index in [0.717, 1.165) is 24.0 Å². The third-order valence-corrected chi connectivity index (χ3v) is 3.15. The second-order valence-electron chi connectivity index (χ2n) is 5.53. The average molecular weight is 291 g/mol. The monoisotopic (exact) mass is 291 g/mol. The Kier molecular flexibility index (Phi) is 4.83. The van der Waals surface area contributed by atoms with Gasteiger partial charge in [-0.15, -0.1) is 0 Å². The van der Waals surface area contributed by atoms with E-state index in [1.807, 2.05) is 32.0 Å². The van der Waals surface area contributed by atoms with Gasteiger partial charge >= 0.3 is 5.97 Å². The number of amides is 1. The molecule has 0 aliphatic heterocycles. The van der Waals surface area contributed by atoms with E-state index >= 15 is 0 Å². The molecule has 1 aliphatic rings. The number of esters is 1. The standard InChI is InChI=1S/C16H21NO4/c1-10-6-11(2)8-14(7-10)20-9-15(18)21-12(3)16(19)17-13-4-5-13/h6-8,12-13H,4-5,9H2,1-3H3,(H,17,19)/t12-/m0/s1. The number of rotatable bonds is 6. The highest BCUT2D eigenvalue weighted by molar-refractivity contribution is 5.84. The van der Waals surface area contributed by atoms with Crippen LogP contribution in [0.25, 0.3) is 0 Å². The number of carbonyl (C=O) groups excluding carboxylic acids is 2. The van der Waals surface area contributed by atoms with Crippen molar-refractivity contribution in [1.29, 1.82) is 0 Å². The molecule has 0 heterocycles. The summed E-state index contributed by atoms with van der Waals surface area (Å²) in [5.74, 6) is -0.176. The third kappa shape index (κ3) is 5.10. The van der Waals surface area contributed by atoms with Gasteiger partial charge in [0, 0.05) is 6.04 Å². The molecule has 0 spiro atoms.